The van der Waals surface area contributed by atoms with Gasteiger partial charge in [-0.05, 0) is 37.6 Å². The van der Waals surface area contributed by atoms with Crippen molar-refractivity contribution in [1.82, 2.24) is 18.7 Å². The number of rotatable bonds is 8. The van der Waals surface area contributed by atoms with Gasteiger partial charge < -0.3 is 19.5 Å². The Bertz CT molecular complexity index is 1290. The number of amides is 1. The second kappa shape index (κ2) is 9.72. The van der Waals surface area contributed by atoms with Gasteiger partial charge in [-0.3, -0.25) is 23.5 Å². The number of aromatic nitrogens is 4. The summed E-state index contributed by atoms with van der Waals surface area (Å²) in [5.74, 6) is -0.948. The quantitative estimate of drug-likeness (QED) is 0.499. The fourth-order valence-electron chi connectivity index (χ4n) is 3.36. The molecule has 0 fully saturated rings. The summed E-state index contributed by atoms with van der Waals surface area (Å²) in [5.41, 5.74) is 1.28. The molecule has 3 rings (SSSR count). The van der Waals surface area contributed by atoms with Crippen molar-refractivity contribution < 1.29 is 14.3 Å². The van der Waals surface area contributed by atoms with Crippen LogP contribution < -0.4 is 21.5 Å². The van der Waals surface area contributed by atoms with Crippen LogP contribution >= 0.6 is 0 Å². The van der Waals surface area contributed by atoms with Gasteiger partial charge >= 0.3 is 11.7 Å². The van der Waals surface area contributed by atoms with Gasteiger partial charge in [0.25, 0.3) is 11.5 Å². The maximum atomic E-state index is 12.5. The van der Waals surface area contributed by atoms with E-state index in [1.165, 1.54) is 24.9 Å². The number of nitrogens with one attached hydrogen (secondary N) is 1. The molecule has 3 aromatic rings. The zero-order valence-electron chi connectivity index (χ0n) is 19.4. The minimum absolute atomic E-state index is 0.0565. The van der Waals surface area contributed by atoms with Crippen LogP contribution in [0.5, 0.6) is 0 Å². The monoisotopic (exact) mass is 456 g/mol. The van der Waals surface area contributed by atoms with E-state index >= 15 is 0 Å². The van der Waals surface area contributed by atoms with Gasteiger partial charge in [-0.25, -0.2) is 9.78 Å². The number of aryl methyl sites for hydroxylation is 2. The third-order valence-electron chi connectivity index (χ3n) is 5.33. The molecule has 2 aromatic heterocycles. The average molecular weight is 457 g/mol. The summed E-state index contributed by atoms with van der Waals surface area (Å²) < 4.78 is 9.16. The van der Waals surface area contributed by atoms with Crippen LogP contribution in [-0.2, 0) is 35.0 Å². The number of carbonyl (C=O) groups is 2. The Labute approximate surface area is 190 Å². The molecule has 2 heterocycles. The molecule has 1 aromatic carbocycles. The summed E-state index contributed by atoms with van der Waals surface area (Å²) in [7, 11) is 6.79. The second-order valence-corrected chi connectivity index (χ2v) is 7.98. The SMILES string of the molecule is C[C@@H](OC(=O)CCCn1cnc2c1c(=O)n(C)c(=O)n2C)C(=O)Nc1ccc(N(C)C)cc1. The van der Waals surface area contributed by atoms with Crippen molar-refractivity contribution in [2.75, 3.05) is 24.3 Å². The van der Waals surface area contributed by atoms with Crippen molar-refractivity contribution in [1.29, 1.82) is 0 Å². The van der Waals surface area contributed by atoms with Gasteiger partial charge in [-0.15, -0.1) is 0 Å². The highest BCUT2D eigenvalue weighted by Crippen LogP contribution is 2.16. The lowest BCUT2D eigenvalue weighted by atomic mass is 10.2. The maximum absolute atomic E-state index is 12.5. The molecule has 1 amide bonds. The Morgan fingerprint density at radius 1 is 1.12 bits per heavy atom. The van der Waals surface area contributed by atoms with Gasteiger partial charge in [0, 0.05) is 52.5 Å². The van der Waals surface area contributed by atoms with Crippen LogP contribution in [0.3, 0.4) is 0 Å². The standard InChI is InChI=1S/C22H28N6O5/c1-14(20(30)24-15-8-10-16(11-9-15)25(2)3)33-17(29)7-6-12-28-13-23-19-18(28)21(31)27(5)22(32)26(19)4/h8-11,13-14H,6-7,12H2,1-5H3,(H,24,30)/t14-/m1/s1. The van der Waals surface area contributed by atoms with Gasteiger partial charge in [-0.2, -0.15) is 0 Å². The van der Waals surface area contributed by atoms with Crippen molar-refractivity contribution in [3.05, 3.63) is 51.4 Å². The lowest BCUT2D eigenvalue weighted by Crippen LogP contribution is -2.37. The van der Waals surface area contributed by atoms with Crippen LogP contribution in [0, 0.1) is 0 Å². The first-order valence-corrected chi connectivity index (χ1v) is 10.5. The first-order chi connectivity index (χ1) is 15.6. The Balaban J connectivity index is 1.54. The molecular weight excluding hydrogens is 428 g/mol. The summed E-state index contributed by atoms with van der Waals surface area (Å²) in [4.78, 5) is 55.1. The smallest absolute Gasteiger partial charge is 0.332 e. The third-order valence-corrected chi connectivity index (χ3v) is 5.33. The summed E-state index contributed by atoms with van der Waals surface area (Å²) >= 11 is 0. The van der Waals surface area contributed by atoms with E-state index in [0.29, 0.717) is 24.2 Å². The van der Waals surface area contributed by atoms with E-state index in [9.17, 15) is 19.2 Å². The number of hydrogen-bond donors (Lipinski definition) is 1. The average Bonchev–Trinajstić information content (AvgIpc) is 3.20. The molecule has 0 radical (unpaired) electrons. The highest BCUT2D eigenvalue weighted by atomic mass is 16.5. The van der Waals surface area contributed by atoms with E-state index in [2.05, 4.69) is 10.3 Å². The van der Waals surface area contributed by atoms with Crippen LogP contribution in [0.15, 0.2) is 40.2 Å². The first kappa shape index (κ1) is 23.8. The van der Waals surface area contributed by atoms with Gasteiger partial charge in [0.1, 0.15) is 0 Å². The molecule has 11 nitrogen and oxygen atoms in total. The van der Waals surface area contributed by atoms with Crippen molar-refractivity contribution in [3.8, 4) is 0 Å². The number of nitrogens with zero attached hydrogens (tertiary/aromatic N) is 5. The second-order valence-electron chi connectivity index (χ2n) is 7.98. The Morgan fingerprint density at radius 3 is 2.42 bits per heavy atom. The Morgan fingerprint density at radius 2 is 1.79 bits per heavy atom. The van der Waals surface area contributed by atoms with E-state index < -0.39 is 29.2 Å². The molecule has 0 aliphatic carbocycles. The largest absolute Gasteiger partial charge is 0.453 e. The Kier molecular flexibility index (Phi) is 7.00. The number of benzene rings is 1. The molecular formula is C22H28N6O5. The van der Waals surface area contributed by atoms with Crippen molar-refractivity contribution >= 4 is 34.4 Å². The molecule has 0 unspecified atom stereocenters. The molecule has 1 atom stereocenters. The number of hydrogen-bond acceptors (Lipinski definition) is 7. The summed E-state index contributed by atoms with van der Waals surface area (Å²) in [6.07, 6.45) is 0.938. The molecule has 176 valence electrons. The predicted octanol–water partition coefficient (Wildman–Crippen LogP) is 0.850. The normalized spacial score (nSPS) is 11.9. The van der Waals surface area contributed by atoms with Gasteiger partial charge in [0.05, 0.1) is 6.33 Å². The highest BCUT2D eigenvalue weighted by molar-refractivity contribution is 5.95. The molecule has 11 heteroatoms. The van der Waals surface area contributed by atoms with E-state index in [1.807, 2.05) is 31.1 Å². The van der Waals surface area contributed by atoms with Gasteiger partial charge in [-0.1, -0.05) is 0 Å². The molecule has 33 heavy (non-hydrogen) atoms. The lowest BCUT2D eigenvalue weighted by molar-refractivity contribution is -0.153. The van der Waals surface area contributed by atoms with E-state index in [4.69, 9.17) is 4.74 Å². The summed E-state index contributed by atoms with van der Waals surface area (Å²) in [6, 6.07) is 7.29. The third kappa shape index (κ3) is 5.13. The fourth-order valence-corrected chi connectivity index (χ4v) is 3.36. The Hall–Kier alpha value is -3.89. The number of imidazole rings is 1. The molecule has 0 aliphatic heterocycles. The van der Waals surface area contributed by atoms with E-state index in [0.717, 1.165) is 10.3 Å². The van der Waals surface area contributed by atoms with Crippen LogP contribution in [0.1, 0.15) is 19.8 Å². The molecule has 1 N–H and O–H groups in total. The molecule has 0 saturated heterocycles. The van der Waals surface area contributed by atoms with Gasteiger partial charge in [0.2, 0.25) is 0 Å². The maximum Gasteiger partial charge on any atom is 0.332 e. The molecule has 0 aliphatic rings. The zero-order valence-corrected chi connectivity index (χ0v) is 19.4. The number of anilines is 2. The van der Waals surface area contributed by atoms with Gasteiger partial charge in [0.15, 0.2) is 17.3 Å². The highest BCUT2D eigenvalue weighted by Gasteiger charge is 2.19. The van der Waals surface area contributed by atoms with E-state index in [1.54, 1.807) is 23.7 Å². The minimum atomic E-state index is -0.957. The first-order valence-electron chi connectivity index (χ1n) is 10.5. The summed E-state index contributed by atoms with van der Waals surface area (Å²) in [5, 5.41) is 2.72. The topological polar surface area (TPSA) is 120 Å². The number of fused-ring (bicyclic) bond motifs is 1. The van der Waals surface area contributed by atoms with Crippen LogP contribution in [0.4, 0.5) is 11.4 Å². The predicted molar refractivity (Wildman–Crippen MR) is 124 cm³/mol. The molecule has 0 spiro atoms. The number of esters is 1. The lowest BCUT2D eigenvalue weighted by Gasteiger charge is -2.15. The van der Waals surface area contributed by atoms with Crippen LogP contribution in [0.2, 0.25) is 0 Å². The number of ether oxygens (including phenoxy) is 1. The molecule has 0 saturated carbocycles. The van der Waals surface area contributed by atoms with Crippen LogP contribution in [0.25, 0.3) is 11.2 Å². The van der Waals surface area contributed by atoms with Crippen molar-refractivity contribution in [2.24, 2.45) is 14.1 Å². The fraction of sp³-hybridized carbons (Fsp3) is 0.409. The minimum Gasteiger partial charge on any atom is -0.453 e. The van der Waals surface area contributed by atoms with E-state index in [-0.39, 0.29) is 12.1 Å². The zero-order chi connectivity index (χ0) is 24.3. The molecule has 0 bridgehead atoms. The van der Waals surface area contributed by atoms with Crippen molar-refractivity contribution in [3.63, 3.8) is 0 Å². The van der Waals surface area contributed by atoms with Crippen molar-refractivity contribution in [2.45, 2.75) is 32.4 Å². The van der Waals surface area contributed by atoms with Crippen LogP contribution in [-0.4, -0.2) is 50.8 Å². The number of carbonyl (C=O) groups excluding carboxylic acids is 2. The summed E-state index contributed by atoms with van der Waals surface area (Å²) in [6.45, 7) is 1.84.